The van der Waals surface area contributed by atoms with E-state index in [0.29, 0.717) is 12.8 Å². The maximum Gasteiger partial charge on any atom is 0.149 e. The van der Waals surface area contributed by atoms with Crippen molar-refractivity contribution in [2.75, 3.05) is 0 Å². The molecule has 1 atom stereocenters. The number of hydrogen-bond donors (Lipinski definition) is 2. The molecule has 0 amide bonds. The smallest absolute Gasteiger partial charge is 0.149 e. The van der Waals surface area contributed by atoms with Gasteiger partial charge in [0, 0.05) is 12.6 Å². The first-order valence-electron chi connectivity index (χ1n) is 4.00. The molecule has 0 spiro atoms. The molecule has 1 rings (SSSR count). The first-order valence-corrected chi connectivity index (χ1v) is 4.00. The molecule has 0 aliphatic heterocycles. The van der Waals surface area contributed by atoms with E-state index in [1.165, 1.54) is 0 Å². The van der Waals surface area contributed by atoms with E-state index in [1.807, 2.05) is 6.92 Å². The van der Waals surface area contributed by atoms with Gasteiger partial charge in [0.2, 0.25) is 0 Å². The van der Waals surface area contributed by atoms with Crippen LogP contribution >= 0.6 is 0 Å². The van der Waals surface area contributed by atoms with E-state index in [-0.39, 0.29) is 11.8 Å². The Morgan fingerprint density at radius 2 is 2.58 bits per heavy atom. The Bertz CT molecular complexity index is 243. The second-order valence-corrected chi connectivity index (χ2v) is 2.74. The van der Waals surface area contributed by atoms with E-state index < -0.39 is 0 Å². The Hall–Kier alpha value is -1.16. The van der Waals surface area contributed by atoms with Gasteiger partial charge in [-0.3, -0.25) is 9.89 Å². The van der Waals surface area contributed by atoms with Crippen molar-refractivity contribution in [2.45, 2.75) is 25.8 Å². The fraction of sp³-hybridized carbons (Fsp3) is 0.500. The van der Waals surface area contributed by atoms with E-state index in [1.54, 1.807) is 12.4 Å². The molecule has 0 radical (unpaired) electrons. The lowest BCUT2D eigenvalue weighted by molar-refractivity contribution is -0.119. The third-order valence-electron chi connectivity index (χ3n) is 1.77. The number of Topliss-reactive ketones (excluding diaryl/α,β-unsaturated/α-hetero) is 1. The number of H-pyrrole nitrogens is 1. The van der Waals surface area contributed by atoms with Crippen LogP contribution in [-0.4, -0.2) is 22.0 Å². The predicted octanol–water partition coefficient (Wildman–Crippen LogP) is 0.259. The van der Waals surface area contributed by atoms with Crippen LogP contribution in [-0.2, 0) is 11.2 Å². The molecule has 0 aliphatic rings. The molecule has 4 nitrogen and oxygen atoms in total. The highest BCUT2D eigenvalue weighted by Gasteiger charge is 2.11. The summed E-state index contributed by atoms with van der Waals surface area (Å²) in [5.41, 5.74) is 6.60. The van der Waals surface area contributed by atoms with Crippen molar-refractivity contribution in [3.8, 4) is 0 Å². The quantitative estimate of drug-likeness (QED) is 0.675. The molecule has 1 aromatic heterocycles. The standard InChI is InChI=1S/C8H13N3O/c1-2-8(12)7(9)3-6-4-10-11-5-6/h4-5,7H,2-3,9H2,1H3,(H,10,11)/t7-/m0/s1. The fourth-order valence-electron chi connectivity index (χ4n) is 1.02. The van der Waals surface area contributed by atoms with Crippen molar-refractivity contribution in [3.63, 3.8) is 0 Å². The normalized spacial score (nSPS) is 12.8. The summed E-state index contributed by atoms with van der Waals surface area (Å²) in [6, 6.07) is -0.382. The number of nitrogens with two attached hydrogens (primary N) is 1. The molecular weight excluding hydrogens is 154 g/mol. The summed E-state index contributed by atoms with van der Waals surface area (Å²) in [5.74, 6) is 0.0937. The average Bonchev–Trinajstić information content (AvgIpc) is 2.55. The number of ketones is 1. The summed E-state index contributed by atoms with van der Waals surface area (Å²) in [6.45, 7) is 1.82. The first-order chi connectivity index (χ1) is 5.74. The zero-order valence-electron chi connectivity index (χ0n) is 7.08. The summed E-state index contributed by atoms with van der Waals surface area (Å²) in [5, 5.41) is 6.44. The molecular formula is C8H13N3O. The zero-order valence-corrected chi connectivity index (χ0v) is 7.08. The lowest BCUT2D eigenvalue weighted by Crippen LogP contribution is -2.31. The molecule has 4 heteroatoms. The van der Waals surface area contributed by atoms with E-state index in [9.17, 15) is 4.79 Å². The van der Waals surface area contributed by atoms with Gasteiger partial charge in [-0.15, -0.1) is 0 Å². The van der Waals surface area contributed by atoms with Crippen LogP contribution in [0.1, 0.15) is 18.9 Å². The molecule has 66 valence electrons. The lowest BCUT2D eigenvalue weighted by Gasteiger charge is -2.06. The maximum atomic E-state index is 11.1. The highest BCUT2D eigenvalue weighted by molar-refractivity contribution is 5.83. The van der Waals surface area contributed by atoms with Gasteiger partial charge in [0.15, 0.2) is 0 Å². The highest BCUT2D eigenvalue weighted by Crippen LogP contribution is 2.00. The van der Waals surface area contributed by atoms with Gasteiger partial charge in [-0.1, -0.05) is 6.92 Å². The topological polar surface area (TPSA) is 71.8 Å². The van der Waals surface area contributed by atoms with Crippen molar-refractivity contribution in [3.05, 3.63) is 18.0 Å². The maximum absolute atomic E-state index is 11.1. The number of aromatic nitrogens is 2. The van der Waals surface area contributed by atoms with Crippen molar-refractivity contribution >= 4 is 5.78 Å². The van der Waals surface area contributed by atoms with Gasteiger partial charge in [0.1, 0.15) is 5.78 Å². The predicted molar refractivity (Wildman–Crippen MR) is 45.6 cm³/mol. The van der Waals surface area contributed by atoms with Gasteiger partial charge in [0.25, 0.3) is 0 Å². The van der Waals surface area contributed by atoms with E-state index >= 15 is 0 Å². The van der Waals surface area contributed by atoms with Gasteiger partial charge in [-0.25, -0.2) is 0 Å². The average molecular weight is 167 g/mol. The van der Waals surface area contributed by atoms with Gasteiger partial charge in [-0.2, -0.15) is 5.10 Å². The molecule has 0 aromatic carbocycles. The Morgan fingerprint density at radius 3 is 3.08 bits per heavy atom. The van der Waals surface area contributed by atoms with Gasteiger partial charge >= 0.3 is 0 Å². The molecule has 0 aliphatic carbocycles. The van der Waals surface area contributed by atoms with E-state index in [4.69, 9.17) is 5.73 Å². The van der Waals surface area contributed by atoms with Crippen LogP contribution in [0.25, 0.3) is 0 Å². The Labute approximate surface area is 71.2 Å². The third kappa shape index (κ3) is 2.17. The van der Waals surface area contributed by atoms with E-state index in [0.717, 1.165) is 5.56 Å². The van der Waals surface area contributed by atoms with Crippen LogP contribution in [0.2, 0.25) is 0 Å². The highest BCUT2D eigenvalue weighted by atomic mass is 16.1. The van der Waals surface area contributed by atoms with Crippen LogP contribution in [0.15, 0.2) is 12.4 Å². The Kier molecular flexibility index (Phi) is 2.99. The largest absolute Gasteiger partial charge is 0.321 e. The summed E-state index contributed by atoms with van der Waals surface area (Å²) >= 11 is 0. The molecule has 0 saturated carbocycles. The Balaban J connectivity index is 2.47. The molecule has 3 N–H and O–H groups in total. The Morgan fingerprint density at radius 1 is 1.83 bits per heavy atom. The molecule has 0 fully saturated rings. The number of carbonyl (C=O) groups is 1. The minimum atomic E-state index is -0.382. The number of aromatic amines is 1. The van der Waals surface area contributed by atoms with Crippen LogP contribution in [0, 0.1) is 0 Å². The number of nitrogens with zero attached hydrogens (tertiary/aromatic N) is 1. The van der Waals surface area contributed by atoms with Crippen LogP contribution < -0.4 is 5.73 Å². The minimum absolute atomic E-state index is 0.0937. The number of rotatable bonds is 4. The van der Waals surface area contributed by atoms with Gasteiger partial charge < -0.3 is 5.73 Å². The molecule has 0 saturated heterocycles. The van der Waals surface area contributed by atoms with Crippen molar-refractivity contribution in [2.24, 2.45) is 5.73 Å². The third-order valence-corrected chi connectivity index (χ3v) is 1.77. The van der Waals surface area contributed by atoms with Crippen LogP contribution in [0.4, 0.5) is 0 Å². The summed E-state index contributed by atoms with van der Waals surface area (Å²) < 4.78 is 0. The SMILES string of the molecule is CCC(=O)[C@@H](N)Cc1cn[nH]c1. The molecule has 1 heterocycles. The van der Waals surface area contributed by atoms with E-state index in [2.05, 4.69) is 10.2 Å². The second kappa shape index (κ2) is 4.01. The van der Waals surface area contributed by atoms with Gasteiger partial charge in [-0.05, 0) is 12.0 Å². The van der Waals surface area contributed by atoms with Gasteiger partial charge in [0.05, 0.1) is 12.2 Å². The van der Waals surface area contributed by atoms with Crippen LogP contribution in [0.5, 0.6) is 0 Å². The summed E-state index contributed by atoms with van der Waals surface area (Å²) in [6.07, 6.45) is 4.51. The summed E-state index contributed by atoms with van der Waals surface area (Å²) in [4.78, 5) is 11.1. The molecule has 0 unspecified atom stereocenters. The van der Waals surface area contributed by atoms with Crippen LogP contribution in [0.3, 0.4) is 0 Å². The molecule has 12 heavy (non-hydrogen) atoms. The summed E-state index contributed by atoms with van der Waals surface area (Å²) in [7, 11) is 0. The lowest BCUT2D eigenvalue weighted by atomic mass is 10.0. The van der Waals surface area contributed by atoms with Crippen molar-refractivity contribution in [1.29, 1.82) is 0 Å². The fourth-order valence-corrected chi connectivity index (χ4v) is 1.02. The second-order valence-electron chi connectivity index (χ2n) is 2.74. The number of nitrogens with one attached hydrogen (secondary N) is 1. The molecule has 0 bridgehead atoms. The van der Waals surface area contributed by atoms with Crippen molar-refractivity contribution in [1.82, 2.24) is 10.2 Å². The molecule has 1 aromatic rings. The monoisotopic (exact) mass is 167 g/mol. The zero-order chi connectivity index (χ0) is 8.97. The van der Waals surface area contributed by atoms with Crippen molar-refractivity contribution < 1.29 is 4.79 Å². The minimum Gasteiger partial charge on any atom is -0.321 e. The first kappa shape index (κ1) is 8.93. The number of hydrogen-bond acceptors (Lipinski definition) is 3. The number of carbonyl (C=O) groups excluding carboxylic acids is 1.